The van der Waals surface area contributed by atoms with Crippen LogP contribution in [0.15, 0.2) is 48.5 Å². The lowest BCUT2D eigenvalue weighted by Crippen LogP contribution is -2.62. The Bertz CT molecular complexity index is 848. The molecule has 0 unspecified atom stereocenters. The molecule has 5 nitrogen and oxygen atoms in total. The van der Waals surface area contributed by atoms with Gasteiger partial charge in [-0.1, -0.05) is 68.3 Å². The Morgan fingerprint density at radius 1 is 1.07 bits per heavy atom. The summed E-state index contributed by atoms with van der Waals surface area (Å²) in [5, 5.41) is 9.51. The van der Waals surface area contributed by atoms with Gasteiger partial charge in [0.2, 0.25) is 0 Å². The molecule has 2 atom stereocenters. The third-order valence-electron chi connectivity index (χ3n) is 5.97. The van der Waals surface area contributed by atoms with Crippen LogP contribution in [0.3, 0.4) is 0 Å². The average Bonchev–Trinajstić information content (AvgIpc) is 2.99. The second-order valence-corrected chi connectivity index (χ2v) is 7.64. The Hall–Kier alpha value is -2.82. The van der Waals surface area contributed by atoms with Crippen LogP contribution in [0.1, 0.15) is 43.2 Å². The Labute approximate surface area is 164 Å². The maximum absolute atomic E-state index is 12.6. The van der Waals surface area contributed by atoms with E-state index in [1.54, 1.807) is 0 Å². The van der Waals surface area contributed by atoms with E-state index < -0.39 is 18.1 Å². The van der Waals surface area contributed by atoms with Gasteiger partial charge in [0.05, 0.1) is 0 Å². The molecule has 2 aliphatic rings. The number of nitrogens with zero attached hydrogens (tertiary/aromatic N) is 1. The third kappa shape index (κ3) is 3.15. The van der Waals surface area contributed by atoms with Gasteiger partial charge in [0.1, 0.15) is 12.6 Å². The highest BCUT2D eigenvalue weighted by Crippen LogP contribution is 2.44. The monoisotopic (exact) mass is 379 g/mol. The van der Waals surface area contributed by atoms with Gasteiger partial charge < -0.3 is 9.84 Å². The number of likely N-dealkylation sites (tertiary alicyclic amines) is 1. The Morgan fingerprint density at radius 2 is 1.68 bits per heavy atom. The maximum Gasteiger partial charge on any atom is 0.410 e. The Morgan fingerprint density at radius 3 is 2.25 bits per heavy atom. The number of hydrogen-bond acceptors (Lipinski definition) is 3. The molecule has 1 aliphatic heterocycles. The van der Waals surface area contributed by atoms with E-state index in [2.05, 4.69) is 31.2 Å². The molecule has 0 spiro atoms. The highest BCUT2D eigenvalue weighted by atomic mass is 16.6. The highest BCUT2D eigenvalue weighted by molar-refractivity contribution is 5.83. The Kier molecular flexibility index (Phi) is 5.07. The van der Waals surface area contributed by atoms with E-state index in [1.165, 1.54) is 16.0 Å². The normalized spacial score (nSPS) is 20.2. The predicted molar refractivity (Wildman–Crippen MR) is 106 cm³/mol. The molecule has 28 heavy (non-hydrogen) atoms. The first-order valence-corrected chi connectivity index (χ1v) is 9.96. The predicted octanol–water partition coefficient (Wildman–Crippen LogP) is 4.51. The number of carboxylic acid groups (broad SMARTS) is 1. The van der Waals surface area contributed by atoms with Crippen LogP contribution >= 0.6 is 0 Å². The van der Waals surface area contributed by atoms with Gasteiger partial charge in [0, 0.05) is 18.4 Å². The van der Waals surface area contributed by atoms with E-state index >= 15 is 0 Å². The molecule has 1 fully saturated rings. The van der Waals surface area contributed by atoms with Crippen molar-refractivity contribution in [1.82, 2.24) is 4.90 Å². The lowest BCUT2D eigenvalue weighted by Gasteiger charge is -2.44. The summed E-state index contributed by atoms with van der Waals surface area (Å²) in [6, 6.07) is 15.6. The molecule has 1 heterocycles. The van der Waals surface area contributed by atoms with Crippen molar-refractivity contribution < 1.29 is 19.4 Å². The van der Waals surface area contributed by atoms with Crippen LogP contribution in [0.4, 0.5) is 4.79 Å². The van der Waals surface area contributed by atoms with Crippen molar-refractivity contribution in [1.29, 1.82) is 0 Å². The van der Waals surface area contributed by atoms with E-state index in [0.717, 1.165) is 30.4 Å². The lowest BCUT2D eigenvalue weighted by atomic mass is 9.85. The average molecular weight is 379 g/mol. The summed E-state index contributed by atoms with van der Waals surface area (Å²) < 4.78 is 5.60. The zero-order valence-electron chi connectivity index (χ0n) is 16.0. The quantitative estimate of drug-likeness (QED) is 0.802. The molecular weight excluding hydrogens is 354 g/mol. The first-order chi connectivity index (χ1) is 13.6. The van der Waals surface area contributed by atoms with Crippen LogP contribution < -0.4 is 0 Å². The van der Waals surface area contributed by atoms with Crippen molar-refractivity contribution in [2.45, 2.75) is 38.1 Å². The van der Waals surface area contributed by atoms with Crippen LogP contribution in [-0.2, 0) is 9.53 Å². The number of hydrogen-bond donors (Lipinski definition) is 1. The number of carbonyl (C=O) groups is 2. The van der Waals surface area contributed by atoms with Crippen LogP contribution in [-0.4, -0.2) is 41.3 Å². The molecule has 5 heteroatoms. The summed E-state index contributed by atoms with van der Waals surface area (Å²) in [5.74, 6) is -0.935. The lowest BCUT2D eigenvalue weighted by molar-refractivity contribution is -0.152. The second-order valence-electron chi connectivity index (χ2n) is 7.64. The van der Waals surface area contributed by atoms with Gasteiger partial charge in [-0.3, -0.25) is 4.90 Å². The molecule has 0 saturated carbocycles. The minimum Gasteiger partial charge on any atom is -0.480 e. The molecule has 1 saturated heterocycles. The molecule has 1 amide bonds. The van der Waals surface area contributed by atoms with Crippen molar-refractivity contribution in [2.24, 2.45) is 5.92 Å². The van der Waals surface area contributed by atoms with Gasteiger partial charge >= 0.3 is 12.1 Å². The number of carboxylic acids is 1. The van der Waals surface area contributed by atoms with Gasteiger partial charge in [0.15, 0.2) is 0 Å². The molecule has 2 aromatic rings. The molecule has 1 N–H and O–H groups in total. The molecule has 0 radical (unpaired) electrons. The van der Waals surface area contributed by atoms with E-state index in [1.807, 2.05) is 24.3 Å². The fourth-order valence-corrected chi connectivity index (χ4v) is 4.50. The third-order valence-corrected chi connectivity index (χ3v) is 5.97. The Balaban J connectivity index is 1.45. The smallest absolute Gasteiger partial charge is 0.410 e. The number of ether oxygens (including phenoxy) is 1. The van der Waals surface area contributed by atoms with E-state index in [0.29, 0.717) is 6.54 Å². The molecule has 2 aromatic carbocycles. The summed E-state index contributed by atoms with van der Waals surface area (Å²) in [6.45, 7) is 2.76. The van der Waals surface area contributed by atoms with E-state index in [4.69, 9.17) is 4.74 Å². The minimum absolute atomic E-state index is 0.0169. The van der Waals surface area contributed by atoms with E-state index in [9.17, 15) is 14.7 Å². The topological polar surface area (TPSA) is 66.8 Å². The fraction of sp³-hybridized carbons (Fsp3) is 0.391. The summed E-state index contributed by atoms with van der Waals surface area (Å²) in [6.07, 6.45) is 2.31. The van der Waals surface area contributed by atoms with Crippen molar-refractivity contribution >= 4 is 12.1 Å². The number of unbranched alkanes of at least 4 members (excludes halogenated alkanes) is 1. The van der Waals surface area contributed by atoms with Gasteiger partial charge in [-0.05, 0) is 28.7 Å². The van der Waals surface area contributed by atoms with Crippen molar-refractivity contribution in [3.63, 3.8) is 0 Å². The first-order valence-electron chi connectivity index (χ1n) is 9.96. The number of carbonyl (C=O) groups excluding carboxylic acids is 1. The summed E-state index contributed by atoms with van der Waals surface area (Å²) in [5.41, 5.74) is 4.64. The fourth-order valence-electron chi connectivity index (χ4n) is 4.50. The highest BCUT2D eigenvalue weighted by Gasteiger charge is 2.47. The summed E-state index contributed by atoms with van der Waals surface area (Å²) >= 11 is 0. The second kappa shape index (κ2) is 7.66. The standard InChI is InChI=1S/C23H25NO4/c1-2-3-8-15-13-24(21(15)22(25)26)23(27)28-14-20-18-11-6-4-9-16(18)17-10-5-7-12-19(17)20/h4-7,9-12,15,20-21H,2-3,8,13-14H2,1H3,(H,25,26)/t15-,21-/m0/s1. The first kappa shape index (κ1) is 18.5. The number of rotatable bonds is 6. The van der Waals surface area contributed by atoms with Crippen molar-refractivity contribution in [3.8, 4) is 11.1 Å². The SMILES string of the molecule is CCCC[C@H]1CN(C(=O)OCC2c3ccccc3-c3ccccc32)[C@@H]1C(=O)O. The molecule has 0 aromatic heterocycles. The van der Waals surface area contributed by atoms with Crippen LogP contribution in [0, 0.1) is 5.92 Å². The van der Waals surface area contributed by atoms with Crippen molar-refractivity contribution in [2.75, 3.05) is 13.2 Å². The maximum atomic E-state index is 12.6. The minimum atomic E-state index is -0.944. The zero-order chi connectivity index (χ0) is 19.7. The number of benzene rings is 2. The summed E-state index contributed by atoms with van der Waals surface area (Å²) in [7, 11) is 0. The summed E-state index contributed by atoms with van der Waals surface area (Å²) in [4.78, 5) is 25.5. The number of fused-ring (bicyclic) bond motifs is 3. The molecule has 146 valence electrons. The number of aliphatic carboxylic acids is 1. The largest absolute Gasteiger partial charge is 0.480 e. The van der Waals surface area contributed by atoms with E-state index in [-0.39, 0.29) is 18.4 Å². The molecule has 1 aliphatic carbocycles. The molecule has 4 rings (SSSR count). The van der Waals surface area contributed by atoms with Gasteiger partial charge in [-0.25, -0.2) is 9.59 Å². The van der Waals surface area contributed by atoms with Gasteiger partial charge in [-0.2, -0.15) is 0 Å². The van der Waals surface area contributed by atoms with Crippen LogP contribution in [0.25, 0.3) is 11.1 Å². The van der Waals surface area contributed by atoms with Crippen molar-refractivity contribution in [3.05, 3.63) is 59.7 Å². The molecule has 0 bridgehead atoms. The zero-order valence-corrected chi connectivity index (χ0v) is 16.0. The van der Waals surface area contributed by atoms with Gasteiger partial charge in [0.25, 0.3) is 0 Å². The van der Waals surface area contributed by atoms with Crippen LogP contribution in [0.2, 0.25) is 0 Å². The molecular formula is C23H25NO4. The van der Waals surface area contributed by atoms with Crippen LogP contribution in [0.5, 0.6) is 0 Å². The van der Waals surface area contributed by atoms with Gasteiger partial charge in [-0.15, -0.1) is 0 Å². The number of amides is 1.